The van der Waals surface area contributed by atoms with Gasteiger partial charge in [-0.2, -0.15) is 0 Å². The Labute approximate surface area is 123 Å². The Morgan fingerprint density at radius 2 is 1.48 bits per heavy atom. The van der Waals surface area contributed by atoms with Gasteiger partial charge in [0, 0.05) is 6.54 Å². The molecule has 2 rings (SSSR count). The van der Waals surface area contributed by atoms with E-state index < -0.39 is 7.60 Å². The number of carbonyl (C=O) groups excluding carboxylic acids is 2. The van der Waals surface area contributed by atoms with Gasteiger partial charge < -0.3 is 9.05 Å². The molecule has 0 atom stereocenters. The summed E-state index contributed by atoms with van der Waals surface area (Å²) in [5.74, 6) is -0.731. The van der Waals surface area contributed by atoms with Gasteiger partial charge in [0.1, 0.15) is 0 Å². The minimum atomic E-state index is -3.27. The van der Waals surface area contributed by atoms with Gasteiger partial charge in [0.25, 0.3) is 11.8 Å². The first-order chi connectivity index (χ1) is 10.0. The van der Waals surface area contributed by atoms with Crippen LogP contribution in [0.15, 0.2) is 24.3 Å². The maximum atomic E-state index is 12.4. The molecule has 1 aromatic carbocycles. The first kappa shape index (κ1) is 15.9. The molecule has 0 bridgehead atoms. The lowest BCUT2D eigenvalue weighted by Gasteiger charge is -2.20. The van der Waals surface area contributed by atoms with Crippen molar-refractivity contribution >= 4 is 19.4 Å². The first-order valence-corrected chi connectivity index (χ1v) is 8.58. The lowest BCUT2D eigenvalue weighted by Crippen LogP contribution is -2.32. The fourth-order valence-electron chi connectivity index (χ4n) is 2.22. The van der Waals surface area contributed by atoms with E-state index in [1.165, 1.54) is 0 Å². The van der Waals surface area contributed by atoms with Crippen molar-refractivity contribution in [3.05, 3.63) is 35.4 Å². The summed E-state index contributed by atoms with van der Waals surface area (Å²) >= 11 is 0. The van der Waals surface area contributed by atoms with Crippen LogP contribution in [0.3, 0.4) is 0 Å². The topological polar surface area (TPSA) is 72.9 Å². The monoisotopic (exact) mass is 311 g/mol. The van der Waals surface area contributed by atoms with Crippen LogP contribution in [0.25, 0.3) is 0 Å². The number of hydrogen-bond donors (Lipinski definition) is 0. The second kappa shape index (κ2) is 6.52. The summed E-state index contributed by atoms with van der Waals surface area (Å²) < 4.78 is 22.7. The molecule has 0 saturated heterocycles. The SMILES string of the molecule is CCOP(=O)(CCN1C(=O)c2ccccc2C1=O)OCC. The quantitative estimate of drug-likeness (QED) is 0.571. The molecule has 1 aliphatic heterocycles. The Balaban J connectivity index is 2.10. The van der Waals surface area contributed by atoms with E-state index in [4.69, 9.17) is 9.05 Å². The summed E-state index contributed by atoms with van der Waals surface area (Å²) in [5.41, 5.74) is 0.760. The molecule has 0 unspecified atom stereocenters. The molecule has 0 saturated carbocycles. The largest absolute Gasteiger partial charge is 0.332 e. The van der Waals surface area contributed by atoms with Crippen molar-refractivity contribution in [2.45, 2.75) is 13.8 Å². The fourth-order valence-corrected chi connectivity index (χ4v) is 3.79. The van der Waals surface area contributed by atoms with Crippen molar-refractivity contribution < 1.29 is 23.2 Å². The van der Waals surface area contributed by atoms with Crippen molar-refractivity contribution in [3.63, 3.8) is 0 Å². The van der Waals surface area contributed by atoms with Crippen molar-refractivity contribution in [1.29, 1.82) is 0 Å². The molecule has 0 radical (unpaired) electrons. The van der Waals surface area contributed by atoms with Gasteiger partial charge >= 0.3 is 7.60 Å². The summed E-state index contributed by atoms with van der Waals surface area (Å²) in [7, 11) is -3.27. The van der Waals surface area contributed by atoms with Gasteiger partial charge in [-0.25, -0.2) is 0 Å². The van der Waals surface area contributed by atoms with Gasteiger partial charge in [-0.3, -0.25) is 19.1 Å². The molecule has 114 valence electrons. The third-order valence-electron chi connectivity index (χ3n) is 3.13. The van der Waals surface area contributed by atoms with Crippen LogP contribution in [-0.4, -0.2) is 42.6 Å². The van der Waals surface area contributed by atoms with E-state index in [9.17, 15) is 14.2 Å². The zero-order chi connectivity index (χ0) is 15.5. The van der Waals surface area contributed by atoms with Crippen molar-refractivity contribution in [3.8, 4) is 0 Å². The van der Waals surface area contributed by atoms with Crippen LogP contribution < -0.4 is 0 Å². The van der Waals surface area contributed by atoms with Crippen LogP contribution >= 0.6 is 7.60 Å². The van der Waals surface area contributed by atoms with E-state index in [0.717, 1.165) is 4.90 Å². The molecule has 21 heavy (non-hydrogen) atoms. The highest BCUT2D eigenvalue weighted by Crippen LogP contribution is 2.47. The minimum Gasteiger partial charge on any atom is -0.309 e. The van der Waals surface area contributed by atoms with E-state index in [0.29, 0.717) is 11.1 Å². The number of amides is 2. The molecular formula is C14H18NO5P. The Morgan fingerprint density at radius 3 is 1.90 bits per heavy atom. The molecule has 7 heteroatoms. The van der Waals surface area contributed by atoms with Gasteiger partial charge in [-0.1, -0.05) is 12.1 Å². The van der Waals surface area contributed by atoms with Crippen molar-refractivity contribution in [2.75, 3.05) is 25.9 Å². The van der Waals surface area contributed by atoms with E-state index in [1.54, 1.807) is 38.1 Å². The zero-order valence-corrected chi connectivity index (χ0v) is 13.0. The summed E-state index contributed by atoms with van der Waals surface area (Å²) in [6.07, 6.45) is 0.000147. The molecule has 1 aromatic rings. The highest BCUT2D eigenvalue weighted by atomic mass is 31.2. The van der Waals surface area contributed by atoms with Gasteiger partial charge in [0.2, 0.25) is 0 Å². The van der Waals surface area contributed by atoms with E-state index >= 15 is 0 Å². The van der Waals surface area contributed by atoms with Crippen LogP contribution in [0.4, 0.5) is 0 Å². The second-order valence-electron chi connectivity index (χ2n) is 4.48. The van der Waals surface area contributed by atoms with E-state index in [-0.39, 0.29) is 37.7 Å². The lowest BCUT2D eigenvalue weighted by molar-refractivity contribution is 0.0661. The standard InChI is InChI=1S/C14H18NO5P/c1-3-19-21(18,20-4-2)10-9-15-13(16)11-7-5-6-8-12(11)14(15)17/h5-8H,3-4,9-10H2,1-2H3. The van der Waals surface area contributed by atoms with Gasteiger partial charge in [-0.15, -0.1) is 0 Å². The van der Waals surface area contributed by atoms with E-state index in [1.807, 2.05) is 0 Å². The predicted molar refractivity (Wildman–Crippen MR) is 77.5 cm³/mol. The molecule has 6 nitrogen and oxygen atoms in total. The fraction of sp³-hybridized carbons (Fsp3) is 0.429. The minimum absolute atomic E-state index is 0.000147. The number of benzene rings is 1. The Kier molecular flexibility index (Phi) is 4.93. The van der Waals surface area contributed by atoms with Crippen LogP contribution in [-0.2, 0) is 13.6 Å². The van der Waals surface area contributed by atoms with Crippen molar-refractivity contribution in [1.82, 2.24) is 4.90 Å². The number of nitrogens with zero attached hydrogens (tertiary/aromatic N) is 1. The Hall–Kier alpha value is -1.49. The number of carbonyl (C=O) groups is 2. The van der Waals surface area contributed by atoms with E-state index in [2.05, 4.69) is 0 Å². The molecule has 1 heterocycles. The normalized spacial score (nSPS) is 14.7. The zero-order valence-electron chi connectivity index (χ0n) is 12.1. The lowest BCUT2D eigenvalue weighted by atomic mass is 10.1. The summed E-state index contributed by atoms with van der Waals surface area (Å²) in [6.45, 7) is 3.95. The van der Waals surface area contributed by atoms with Crippen molar-refractivity contribution in [2.24, 2.45) is 0 Å². The molecule has 0 spiro atoms. The smallest absolute Gasteiger partial charge is 0.309 e. The van der Waals surface area contributed by atoms with Crippen LogP contribution in [0.2, 0.25) is 0 Å². The summed E-state index contributed by atoms with van der Waals surface area (Å²) in [6, 6.07) is 6.64. The predicted octanol–water partition coefficient (Wildman–Crippen LogP) is 2.55. The molecule has 1 aliphatic rings. The maximum Gasteiger partial charge on any atom is 0.332 e. The number of rotatable bonds is 7. The van der Waals surface area contributed by atoms with Gasteiger partial charge in [0.05, 0.1) is 30.5 Å². The average molecular weight is 311 g/mol. The number of hydrogen-bond acceptors (Lipinski definition) is 5. The van der Waals surface area contributed by atoms with Crippen LogP contribution in [0.5, 0.6) is 0 Å². The molecular weight excluding hydrogens is 293 g/mol. The number of fused-ring (bicyclic) bond motifs is 1. The molecule has 0 N–H and O–H groups in total. The van der Waals surface area contributed by atoms with Gasteiger partial charge in [-0.05, 0) is 26.0 Å². The molecule has 0 fully saturated rings. The second-order valence-corrected chi connectivity index (χ2v) is 6.66. The van der Waals surface area contributed by atoms with Crippen LogP contribution in [0.1, 0.15) is 34.6 Å². The third kappa shape index (κ3) is 3.23. The Morgan fingerprint density at radius 1 is 1.00 bits per heavy atom. The summed E-state index contributed by atoms with van der Waals surface area (Å²) in [5, 5.41) is 0. The molecule has 2 amide bonds. The molecule has 0 aromatic heterocycles. The third-order valence-corrected chi connectivity index (χ3v) is 5.18. The highest BCUT2D eigenvalue weighted by Gasteiger charge is 2.36. The highest BCUT2D eigenvalue weighted by molar-refractivity contribution is 7.53. The molecule has 0 aliphatic carbocycles. The van der Waals surface area contributed by atoms with Gasteiger partial charge in [0.15, 0.2) is 0 Å². The first-order valence-electron chi connectivity index (χ1n) is 6.85. The maximum absolute atomic E-state index is 12.4. The van der Waals surface area contributed by atoms with Crippen LogP contribution in [0, 0.1) is 0 Å². The Bertz CT molecular complexity index is 556. The average Bonchev–Trinajstić information content (AvgIpc) is 2.70. The number of imide groups is 1. The summed E-state index contributed by atoms with van der Waals surface area (Å²) in [4.78, 5) is 25.4.